The highest BCUT2D eigenvalue weighted by molar-refractivity contribution is 5.99. The van der Waals surface area contributed by atoms with Gasteiger partial charge in [0, 0.05) is 30.8 Å². The Bertz CT molecular complexity index is 598. The van der Waals surface area contributed by atoms with Crippen molar-refractivity contribution >= 4 is 12.0 Å². The van der Waals surface area contributed by atoms with Crippen molar-refractivity contribution in [2.45, 2.75) is 18.9 Å². The van der Waals surface area contributed by atoms with Gasteiger partial charge in [0.15, 0.2) is 0 Å². The minimum atomic E-state index is 0.0846. The molecule has 1 unspecified atom stereocenters. The number of rotatable bonds is 3. The molecule has 1 saturated heterocycles. The largest absolute Gasteiger partial charge is 0.497 e. The molecule has 2 aliphatic heterocycles. The molecule has 1 amide bonds. The van der Waals surface area contributed by atoms with Gasteiger partial charge in [0.2, 0.25) is 0 Å². The van der Waals surface area contributed by atoms with Gasteiger partial charge >= 0.3 is 0 Å². The molecule has 3 rings (SSSR count). The summed E-state index contributed by atoms with van der Waals surface area (Å²) in [6, 6.07) is 6.04. The van der Waals surface area contributed by atoms with Gasteiger partial charge in [-0.2, -0.15) is 0 Å². The van der Waals surface area contributed by atoms with Crippen molar-refractivity contribution in [3.05, 3.63) is 29.3 Å². The lowest BCUT2D eigenvalue weighted by Crippen LogP contribution is -2.47. The normalized spacial score (nSPS) is 20.7. The van der Waals surface area contributed by atoms with Gasteiger partial charge in [-0.3, -0.25) is 4.79 Å². The third kappa shape index (κ3) is 2.95. The van der Waals surface area contributed by atoms with E-state index in [1.54, 1.807) is 7.11 Å². The van der Waals surface area contributed by atoms with Gasteiger partial charge in [0.25, 0.3) is 5.91 Å². The summed E-state index contributed by atoms with van der Waals surface area (Å²) in [5, 5.41) is 3.26. The first kappa shape index (κ1) is 14.9. The van der Waals surface area contributed by atoms with Crippen LogP contribution in [0.5, 0.6) is 11.5 Å². The van der Waals surface area contributed by atoms with Crippen molar-refractivity contribution in [1.82, 2.24) is 10.2 Å². The SMILES string of the molecule is CNC1CCCN(C(=O)C2=Cc3ccc(OC)cc3OC2)C1. The standard InChI is InChI=1S/C17H22N2O3/c1-18-14-4-3-7-19(10-14)17(20)13-8-12-5-6-15(21-2)9-16(12)22-11-13/h5-6,8-9,14,18H,3-4,7,10-11H2,1-2H3. The smallest absolute Gasteiger partial charge is 0.253 e. The monoisotopic (exact) mass is 302 g/mol. The summed E-state index contributed by atoms with van der Waals surface area (Å²) >= 11 is 0. The lowest BCUT2D eigenvalue weighted by atomic mass is 10.0. The molecule has 1 fully saturated rings. The summed E-state index contributed by atoms with van der Waals surface area (Å²) in [5.74, 6) is 1.61. The highest BCUT2D eigenvalue weighted by Gasteiger charge is 2.26. The van der Waals surface area contributed by atoms with E-state index in [0.717, 1.165) is 48.6 Å². The van der Waals surface area contributed by atoms with Crippen molar-refractivity contribution in [3.63, 3.8) is 0 Å². The number of carbonyl (C=O) groups is 1. The third-order valence-corrected chi connectivity index (χ3v) is 4.33. The average molecular weight is 302 g/mol. The molecular formula is C17H22N2O3. The van der Waals surface area contributed by atoms with Crippen LogP contribution in [0.2, 0.25) is 0 Å². The van der Waals surface area contributed by atoms with Crippen LogP contribution < -0.4 is 14.8 Å². The molecule has 0 spiro atoms. The first-order chi connectivity index (χ1) is 10.7. The Labute approximate surface area is 130 Å². The summed E-state index contributed by atoms with van der Waals surface area (Å²) < 4.78 is 10.9. The maximum absolute atomic E-state index is 12.7. The van der Waals surface area contributed by atoms with Crippen LogP contribution in [0, 0.1) is 0 Å². The third-order valence-electron chi connectivity index (χ3n) is 4.33. The number of likely N-dealkylation sites (tertiary alicyclic amines) is 1. The number of benzene rings is 1. The molecule has 2 aliphatic rings. The fraction of sp³-hybridized carbons (Fsp3) is 0.471. The van der Waals surface area contributed by atoms with Crippen LogP contribution in [0.4, 0.5) is 0 Å². The number of methoxy groups -OCH3 is 1. The quantitative estimate of drug-likeness (QED) is 0.923. The van der Waals surface area contributed by atoms with E-state index in [1.165, 1.54) is 0 Å². The molecule has 22 heavy (non-hydrogen) atoms. The van der Waals surface area contributed by atoms with Crippen molar-refractivity contribution in [2.75, 3.05) is 33.9 Å². The number of hydrogen-bond donors (Lipinski definition) is 1. The highest BCUT2D eigenvalue weighted by atomic mass is 16.5. The van der Waals surface area contributed by atoms with E-state index >= 15 is 0 Å². The molecule has 1 aromatic rings. The molecule has 118 valence electrons. The highest BCUT2D eigenvalue weighted by Crippen LogP contribution is 2.31. The number of hydrogen-bond acceptors (Lipinski definition) is 4. The van der Waals surface area contributed by atoms with Gasteiger partial charge in [-0.1, -0.05) is 0 Å². The number of nitrogens with one attached hydrogen (secondary N) is 1. The van der Waals surface area contributed by atoms with E-state index in [2.05, 4.69) is 5.32 Å². The van der Waals surface area contributed by atoms with Gasteiger partial charge in [-0.25, -0.2) is 0 Å². The van der Waals surface area contributed by atoms with E-state index in [4.69, 9.17) is 9.47 Å². The first-order valence-electron chi connectivity index (χ1n) is 7.69. The van der Waals surface area contributed by atoms with E-state index in [-0.39, 0.29) is 5.91 Å². The minimum absolute atomic E-state index is 0.0846. The average Bonchev–Trinajstić information content (AvgIpc) is 2.60. The molecule has 0 radical (unpaired) electrons. The van der Waals surface area contributed by atoms with E-state index in [9.17, 15) is 4.79 Å². The summed E-state index contributed by atoms with van der Waals surface area (Å²) in [7, 11) is 3.58. The van der Waals surface area contributed by atoms with Gasteiger partial charge in [0.1, 0.15) is 18.1 Å². The van der Waals surface area contributed by atoms with Crippen molar-refractivity contribution < 1.29 is 14.3 Å². The summed E-state index contributed by atoms with van der Waals surface area (Å²) in [6.07, 6.45) is 4.10. The Morgan fingerprint density at radius 1 is 1.45 bits per heavy atom. The number of amides is 1. The number of piperidine rings is 1. The fourth-order valence-electron chi connectivity index (χ4n) is 2.99. The van der Waals surface area contributed by atoms with Crippen LogP contribution in [-0.4, -0.2) is 50.7 Å². The topological polar surface area (TPSA) is 50.8 Å². The van der Waals surface area contributed by atoms with Crippen molar-refractivity contribution in [3.8, 4) is 11.5 Å². The van der Waals surface area contributed by atoms with Crippen molar-refractivity contribution in [1.29, 1.82) is 0 Å². The first-order valence-corrected chi connectivity index (χ1v) is 7.69. The molecule has 5 heteroatoms. The predicted molar refractivity (Wildman–Crippen MR) is 85.1 cm³/mol. The van der Waals surface area contributed by atoms with Crippen LogP contribution in [0.15, 0.2) is 23.8 Å². The maximum atomic E-state index is 12.7. The molecule has 1 aromatic carbocycles. The lowest BCUT2D eigenvalue weighted by molar-refractivity contribution is -0.128. The molecule has 5 nitrogen and oxygen atoms in total. The summed E-state index contributed by atoms with van der Waals surface area (Å²) in [4.78, 5) is 14.6. The van der Waals surface area contributed by atoms with Gasteiger partial charge in [-0.05, 0) is 38.1 Å². The van der Waals surface area contributed by atoms with Gasteiger partial charge < -0.3 is 19.7 Å². The number of fused-ring (bicyclic) bond motifs is 1. The fourth-order valence-corrected chi connectivity index (χ4v) is 2.99. The molecule has 0 aliphatic carbocycles. The summed E-state index contributed by atoms with van der Waals surface area (Å²) in [5.41, 5.74) is 1.65. The molecule has 0 aromatic heterocycles. The predicted octanol–water partition coefficient (Wildman–Crippen LogP) is 1.68. The van der Waals surface area contributed by atoms with Crippen LogP contribution in [0.1, 0.15) is 18.4 Å². The zero-order valence-corrected chi connectivity index (χ0v) is 13.1. The summed E-state index contributed by atoms with van der Waals surface area (Å²) in [6.45, 7) is 1.91. The Kier molecular flexibility index (Phi) is 4.34. The lowest BCUT2D eigenvalue weighted by Gasteiger charge is -2.33. The van der Waals surface area contributed by atoms with Crippen molar-refractivity contribution in [2.24, 2.45) is 0 Å². The van der Waals surface area contributed by atoms with E-state index in [0.29, 0.717) is 12.6 Å². The Hall–Kier alpha value is -2.01. The number of ether oxygens (including phenoxy) is 2. The molecule has 0 saturated carbocycles. The molecule has 1 N–H and O–H groups in total. The molecular weight excluding hydrogens is 280 g/mol. The second-order valence-corrected chi connectivity index (χ2v) is 5.74. The second-order valence-electron chi connectivity index (χ2n) is 5.74. The van der Waals surface area contributed by atoms with Crippen LogP contribution in [-0.2, 0) is 4.79 Å². The minimum Gasteiger partial charge on any atom is -0.497 e. The Morgan fingerprint density at radius 2 is 2.32 bits per heavy atom. The molecule has 2 heterocycles. The number of carbonyl (C=O) groups excluding carboxylic acids is 1. The Balaban J connectivity index is 1.77. The number of likely N-dealkylation sites (N-methyl/N-ethyl adjacent to an activating group) is 1. The zero-order chi connectivity index (χ0) is 15.5. The van der Waals surface area contributed by atoms with Gasteiger partial charge in [-0.15, -0.1) is 0 Å². The van der Waals surface area contributed by atoms with E-state index < -0.39 is 0 Å². The van der Waals surface area contributed by atoms with Crippen LogP contribution in [0.25, 0.3) is 6.08 Å². The maximum Gasteiger partial charge on any atom is 0.253 e. The molecule has 0 bridgehead atoms. The molecule has 1 atom stereocenters. The number of nitrogens with zero attached hydrogens (tertiary/aromatic N) is 1. The van der Waals surface area contributed by atoms with Crippen LogP contribution in [0.3, 0.4) is 0 Å². The van der Waals surface area contributed by atoms with Gasteiger partial charge in [0.05, 0.1) is 12.7 Å². The van der Waals surface area contributed by atoms with Crippen LogP contribution >= 0.6 is 0 Å². The zero-order valence-electron chi connectivity index (χ0n) is 13.1. The van der Waals surface area contributed by atoms with E-state index in [1.807, 2.05) is 36.2 Å². The Morgan fingerprint density at radius 3 is 3.09 bits per heavy atom. The second kappa shape index (κ2) is 6.40.